The molecule has 6 amide bonds. The van der Waals surface area contributed by atoms with Crippen molar-refractivity contribution < 1.29 is 43.8 Å². The zero-order valence-corrected chi connectivity index (χ0v) is 31.5. The number of amides is 6. The first-order valence-electron chi connectivity index (χ1n) is 17.8. The SMILES string of the molecule is CC(C)C[C@H](NC(=O)[C@H](CC(C)C)NC(=O)[C@H](Cc1ccccc1)NC(=O)[C@@H](N)[C@@H](C)O)C(=O)N[C@@H](CCCN=C(N)N)C(=O)N[C@@H](CC(N)=O)C(=O)O. The first-order valence-corrected chi connectivity index (χ1v) is 17.8. The van der Waals surface area contributed by atoms with Crippen LogP contribution in [0.1, 0.15) is 72.3 Å². The molecule has 0 radical (unpaired) electrons. The Balaban J connectivity index is 3.35. The van der Waals surface area contributed by atoms with E-state index in [1.807, 2.05) is 13.8 Å². The summed E-state index contributed by atoms with van der Waals surface area (Å²) in [6.45, 7) is 8.66. The summed E-state index contributed by atoms with van der Waals surface area (Å²) in [6.07, 6.45) is -1.51. The van der Waals surface area contributed by atoms with Crippen molar-refractivity contribution in [2.75, 3.05) is 6.54 Å². The van der Waals surface area contributed by atoms with E-state index in [9.17, 15) is 43.8 Å². The summed E-state index contributed by atoms with van der Waals surface area (Å²) in [5.41, 5.74) is 22.4. The summed E-state index contributed by atoms with van der Waals surface area (Å²) in [5, 5.41) is 32.1. The Labute approximate surface area is 315 Å². The molecule has 54 heavy (non-hydrogen) atoms. The number of carbonyl (C=O) groups is 7. The average Bonchev–Trinajstić information content (AvgIpc) is 3.07. The number of nitrogens with zero attached hydrogens (tertiary/aromatic N) is 1. The predicted molar refractivity (Wildman–Crippen MR) is 200 cm³/mol. The normalized spacial score (nSPS) is 15.0. The maximum Gasteiger partial charge on any atom is 0.326 e. The number of rotatable bonds is 24. The molecule has 302 valence electrons. The number of carboxylic acid groups (broad SMARTS) is 1. The van der Waals surface area contributed by atoms with Crippen molar-refractivity contribution in [2.24, 2.45) is 39.8 Å². The zero-order chi connectivity index (χ0) is 41.1. The van der Waals surface area contributed by atoms with Crippen LogP contribution in [0.2, 0.25) is 0 Å². The fourth-order valence-electron chi connectivity index (χ4n) is 5.21. The second-order valence-corrected chi connectivity index (χ2v) is 14.0. The molecule has 0 saturated heterocycles. The van der Waals surface area contributed by atoms with Crippen LogP contribution >= 0.6 is 0 Å². The summed E-state index contributed by atoms with van der Waals surface area (Å²) in [6, 6.07) is 0.883. The van der Waals surface area contributed by atoms with E-state index in [0.29, 0.717) is 5.56 Å². The number of primary amides is 1. The smallest absolute Gasteiger partial charge is 0.326 e. The highest BCUT2D eigenvalue weighted by Gasteiger charge is 2.34. The molecule has 0 aliphatic heterocycles. The standard InChI is InChI=1S/C35H58N10O9/c1-18(2)14-23(30(49)41-22(12-9-13-40-35(38)39)29(48)45-26(34(53)54)17-27(36)47)42-31(50)24(15-19(3)4)43-32(51)25(16-21-10-7-6-8-11-21)44-33(52)28(37)20(5)46/h6-8,10-11,18-20,22-26,28,46H,9,12-17,37H2,1-5H3,(H2,36,47)(H,41,49)(H,42,50)(H,43,51)(H,44,52)(H,45,48)(H,53,54)(H4,38,39,40)/t20-,22+,23+,24+,25+,26+,28+/m1/s1. The molecule has 1 aromatic rings. The number of carboxylic acids is 1. The molecule has 19 nitrogen and oxygen atoms in total. The van der Waals surface area contributed by atoms with Crippen molar-refractivity contribution in [1.29, 1.82) is 0 Å². The van der Waals surface area contributed by atoms with Gasteiger partial charge in [0.05, 0.1) is 12.5 Å². The second-order valence-electron chi connectivity index (χ2n) is 14.0. The van der Waals surface area contributed by atoms with E-state index in [4.69, 9.17) is 22.9 Å². The van der Waals surface area contributed by atoms with Crippen LogP contribution in [-0.4, -0.2) is 106 Å². The highest BCUT2D eigenvalue weighted by molar-refractivity contribution is 5.96. The van der Waals surface area contributed by atoms with Crippen molar-refractivity contribution >= 4 is 47.4 Å². The van der Waals surface area contributed by atoms with E-state index in [1.54, 1.807) is 44.2 Å². The molecule has 15 N–H and O–H groups in total. The molecular formula is C35H58N10O9. The number of hydrogen-bond acceptors (Lipinski definition) is 10. The van der Waals surface area contributed by atoms with Gasteiger partial charge in [-0.05, 0) is 50.0 Å². The monoisotopic (exact) mass is 762 g/mol. The van der Waals surface area contributed by atoms with Crippen LogP contribution in [0.4, 0.5) is 0 Å². The van der Waals surface area contributed by atoms with E-state index < -0.39 is 90.2 Å². The first-order chi connectivity index (χ1) is 25.2. The molecule has 7 atom stereocenters. The lowest BCUT2D eigenvalue weighted by Crippen LogP contribution is -2.60. The number of aliphatic imine (C=N–C) groups is 1. The highest BCUT2D eigenvalue weighted by atomic mass is 16.4. The Kier molecular flexibility index (Phi) is 20.2. The Morgan fingerprint density at radius 3 is 1.56 bits per heavy atom. The van der Waals surface area contributed by atoms with Gasteiger partial charge in [-0.15, -0.1) is 0 Å². The van der Waals surface area contributed by atoms with Crippen molar-refractivity contribution in [3.63, 3.8) is 0 Å². The number of benzene rings is 1. The predicted octanol–water partition coefficient (Wildman–Crippen LogP) is -2.53. The van der Waals surface area contributed by atoms with Gasteiger partial charge in [-0.1, -0.05) is 58.0 Å². The Morgan fingerprint density at radius 2 is 1.11 bits per heavy atom. The van der Waals surface area contributed by atoms with Gasteiger partial charge < -0.3 is 59.7 Å². The van der Waals surface area contributed by atoms with Gasteiger partial charge in [0.25, 0.3) is 0 Å². The van der Waals surface area contributed by atoms with Crippen LogP contribution in [-0.2, 0) is 40.0 Å². The molecule has 0 saturated carbocycles. The number of aliphatic carboxylic acids is 1. The quantitative estimate of drug-likeness (QED) is 0.0295. The van der Waals surface area contributed by atoms with Crippen molar-refractivity contribution in [1.82, 2.24) is 26.6 Å². The molecule has 1 aromatic carbocycles. The van der Waals surface area contributed by atoms with Gasteiger partial charge in [0.1, 0.15) is 36.3 Å². The summed E-state index contributed by atoms with van der Waals surface area (Å²) < 4.78 is 0. The average molecular weight is 763 g/mol. The van der Waals surface area contributed by atoms with E-state index >= 15 is 0 Å². The van der Waals surface area contributed by atoms with Crippen LogP contribution in [0.5, 0.6) is 0 Å². The van der Waals surface area contributed by atoms with Crippen molar-refractivity contribution in [3.05, 3.63) is 35.9 Å². The maximum atomic E-state index is 13.9. The molecule has 0 unspecified atom stereocenters. The number of aliphatic hydroxyl groups is 1. The summed E-state index contributed by atoms with van der Waals surface area (Å²) in [7, 11) is 0. The van der Waals surface area contributed by atoms with Crippen LogP contribution in [0, 0.1) is 11.8 Å². The van der Waals surface area contributed by atoms with Crippen molar-refractivity contribution in [2.45, 2.75) is 115 Å². The van der Waals surface area contributed by atoms with Gasteiger partial charge in [-0.25, -0.2) is 4.79 Å². The van der Waals surface area contributed by atoms with Gasteiger partial charge >= 0.3 is 5.97 Å². The third-order valence-electron chi connectivity index (χ3n) is 8.02. The molecule has 19 heteroatoms. The third-order valence-corrected chi connectivity index (χ3v) is 8.02. The number of guanidine groups is 1. The minimum absolute atomic E-state index is 0.0359. The maximum absolute atomic E-state index is 13.9. The molecule has 0 spiro atoms. The largest absolute Gasteiger partial charge is 0.480 e. The number of aliphatic hydroxyl groups excluding tert-OH is 1. The highest BCUT2D eigenvalue weighted by Crippen LogP contribution is 2.12. The molecule has 1 rings (SSSR count). The van der Waals surface area contributed by atoms with E-state index in [0.717, 1.165) is 0 Å². The Hall–Kier alpha value is -5.30. The number of carbonyl (C=O) groups excluding carboxylic acids is 6. The fourth-order valence-corrected chi connectivity index (χ4v) is 5.21. The van der Waals surface area contributed by atoms with Gasteiger partial charge in [0.2, 0.25) is 35.4 Å². The lowest BCUT2D eigenvalue weighted by atomic mass is 9.98. The van der Waals surface area contributed by atoms with Crippen LogP contribution in [0.25, 0.3) is 0 Å². The van der Waals surface area contributed by atoms with Gasteiger partial charge in [-0.2, -0.15) is 0 Å². The lowest BCUT2D eigenvalue weighted by molar-refractivity contribution is -0.143. The lowest BCUT2D eigenvalue weighted by Gasteiger charge is -2.28. The molecule has 0 bridgehead atoms. The van der Waals surface area contributed by atoms with Crippen LogP contribution in [0.3, 0.4) is 0 Å². The molecule has 0 aliphatic rings. The third kappa shape index (κ3) is 18.0. The van der Waals surface area contributed by atoms with Gasteiger partial charge in [0, 0.05) is 13.0 Å². The molecule has 0 heterocycles. The number of hydrogen-bond donors (Lipinski definition) is 11. The molecule has 0 aliphatic carbocycles. The van der Waals surface area contributed by atoms with Crippen molar-refractivity contribution in [3.8, 4) is 0 Å². The molecule has 0 fully saturated rings. The fraction of sp³-hybridized carbons (Fsp3) is 0.600. The van der Waals surface area contributed by atoms with Crippen LogP contribution in [0.15, 0.2) is 35.3 Å². The zero-order valence-electron chi connectivity index (χ0n) is 31.5. The summed E-state index contributed by atoms with van der Waals surface area (Å²) in [4.78, 5) is 94.4. The number of nitrogens with one attached hydrogen (secondary N) is 5. The Bertz CT molecular complexity index is 1450. The second kappa shape index (κ2) is 23.4. The summed E-state index contributed by atoms with van der Waals surface area (Å²) >= 11 is 0. The van der Waals surface area contributed by atoms with E-state index in [1.165, 1.54) is 6.92 Å². The van der Waals surface area contributed by atoms with Gasteiger partial charge in [-0.3, -0.25) is 33.8 Å². The molecular weight excluding hydrogens is 704 g/mol. The number of nitrogens with two attached hydrogens (primary N) is 4. The topological polar surface area (TPSA) is 337 Å². The van der Waals surface area contributed by atoms with E-state index in [2.05, 4.69) is 31.6 Å². The van der Waals surface area contributed by atoms with Gasteiger partial charge in [0.15, 0.2) is 5.96 Å². The molecule has 0 aromatic heterocycles. The summed E-state index contributed by atoms with van der Waals surface area (Å²) in [5.74, 6) is -6.88. The van der Waals surface area contributed by atoms with Crippen LogP contribution < -0.4 is 49.5 Å². The van der Waals surface area contributed by atoms with E-state index in [-0.39, 0.29) is 56.4 Å². The Morgan fingerprint density at radius 1 is 0.667 bits per heavy atom. The minimum atomic E-state index is -1.67. The first kappa shape index (κ1) is 46.7. The minimum Gasteiger partial charge on any atom is -0.480 e.